The van der Waals surface area contributed by atoms with Crippen molar-refractivity contribution in [2.45, 2.75) is 12.3 Å². The van der Waals surface area contributed by atoms with Crippen LogP contribution >= 0.6 is 23.2 Å². The van der Waals surface area contributed by atoms with Crippen molar-refractivity contribution >= 4 is 23.2 Å². The molecule has 0 unspecified atom stereocenters. The molecule has 0 aliphatic heterocycles. The van der Waals surface area contributed by atoms with Crippen LogP contribution in [0.5, 0.6) is 0 Å². The number of halogens is 5. The summed E-state index contributed by atoms with van der Waals surface area (Å²) in [6.07, 6.45) is -2.00. The number of hydrogen-bond donors (Lipinski definition) is 0. The Hall–Kier alpha value is -0.480. The van der Waals surface area contributed by atoms with Gasteiger partial charge in [-0.2, -0.15) is 0 Å². The average molecular weight is 230 g/mol. The van der Waals surface area contributed by atoms with Crippen molar-refractivity contribution in [3.63, 3.8) is 0 Å². The Labute approximate surface area is 82.5 Å². The molecular formula is C7H4Cl2F3N. The molecule has 1 aromatic rings. The van der Waals surface area contributed by atoms with E-state index < -0.39 is 17.9 Å². The van der Waals surface area contributed by atoms with Crippen LogP contribution in [0, 0.1) is 5.82 Å². The molecule has 0 bridgehead atoms. The molecule has 6 heteroatoms. The predicted octanol–water partition coefficient (Wildman–Crippen LogP) is 3.55. The molecule has 13 heavy (non-hydrogen) atoms. The number of aromatic nitrogens is 1. The summed E-state index contributed by atoms with van der Waals surface area (Å²) in [4.78, 5) is 3.17. The van der Waals surface area contributed by atoms with Crippen LogP contribution in [0.2, 0.25) is 5.02 Å². The third kappa shape index (κ3) is 2.06. The van der Waals surface area contributed by atoms with Crippen molar-refractivity contribution < 1.29 is 13.2 Å². The van der Waals surface area contributed by atoms with Crippen LogP contribution in [0.1, 0.15) is 17.7 Å². The molecule has 0 saturated carbocycles. The second-order valence-corrected chi connectivity index (χ2v) is 2.89. The topological polar surface area (TPSA) is 12.9 Å². The summed E-state index contributed by atoms with van der Waals surface area (Å²) in [5.74, 6) is -1.38. The molecule has 1 nitrogen and oxygen atoms in total. The molecule has 1 heterocycles. The van der Waals surface area contributed by atoms with Crippen molar-refractivity contribution in [2.75, 3.05) is 0 Å². The molecule has 0 spiro atoms. The predicted molar refractivity (Wildman–Crippen MR) is 43.7 cm³/mol. The highest BCUT2D eigenvalue weighted by atomic mass is 35.5. The van der Waals surface area contributed by atoms with E-state index >= 15 is 0 Å². The Morgan fingerprint density at radius 2 is 2.08 bits per heavy atom. The minimum absolute atomic E-state index is 0.0445. The summed E-state index contributed by atoms with van der Waals surface area (Å²) < 4.78 is 37.2. The van der Waals surface area contributed by atoms with E-state index in [1.165, 1.54) is 0 Å². The van der Waals surface area contributed by atoms with Gasteiger partial charge in [0.15, 0.2) is 5.82 Å². The van der Waals surface area contributed by atoms with Crippen LogP contribution in [0.15, 0.2) is 6.20 Å². The third-order valence-electron chi connectivity index (χ3n) is 1.44. The van der Waals surface area contributed by atoms with Crippen molar-refractivity contribution in [1.82, 2.24) is 4.98 Å². The lowest BCUT2D eigenvalue weighted by Crippen LogP contribution is -2.00. The van der Waals surface area contributed by atoms with E-state index in [0.29, 0.717) is 0 Å². The Morgan fingerprint density at radius 3 is 2.54 bits per heavy atom. The molecule has 0 aliphatic rings. The molecule has 0 atom stereocenters. The van der Waals surface area contributed by atoms with E-state index in [-0.39, 0.29) is 16.5 Å². The fourth-order valence-electron chi connectivity index (χ4n) is 0.795. The van der Waals surface area contributed by atoms with Crippen LogP contribution in [-0.2, 0) is 5.88 Å². The van der Waals surface area contributed by atoms with Crippen molar-refractivity contribution in [3.05, 3.63) is 28.3 Å². The van der Waals surface area contributed by atoms with E-state index in [1.54, 1.807) is 0 Å². The van der Waals surface area contributed by atoms with Gasteiger partial charge in [0, 0.05) is 11.8 Å². The number of rotatable bonds is 2. The summed E-state index contributed by atoms with van der Waals surface area (Å²) in [7, 11) is 0. The van der Waals surface area contributed by atoms with E-state index in [2.05, 4.69) is 4.98 Å². The van der Waals surface area contributed by atoms with Gasteiger partial charge >= 0.3 is 0 Å². The monoisotopic (exact) mass is 229 g/mol. The lowest BCUT2D eigenvalue weighted by atomic mass is 10.2. The first-order valence-corrected chi connectivity index (χ1v) is 4.16. The maximum atomic E-state index is 13.1. The fraction of sp³-hybridized carbons (Fsp3) is 0.286. The highest BCUT2D eigenvalue weighted by Crippen LogP contribution is 2.27. The summed E-state index contributed by atoms with van der Waals surface area (Å²) in [5.41, 5.74) is -1.06. The molecule has 0 saturated heterocycles. The first-order valence-electron chi connectivity index (χ1n) is 3.24. The lowest BCUT2D eigenvalue weighted by molar-refractivity contribution is 0.140. The smallest absolute Gasteiger partial charge is 0.251 e. The van der Waals surface area contributed by atoms with Gasteiger partial charge in [-0.25, -0.2) is 13.2 Å². The maximum Gasteiger partial charge on any atom is 0.283 e. The number of alkyl halides is 3. The molecular weight excluding hydrogens is 226 g/mol. The van der Waals surface area contributed by atoms with Crippen LogP contribution in [0.25, 0.3) is 0 Å². The second kappa shape index (κ2) is 4.15. The molecule has 1 aromatic heterocycles. The number of nitrogens with zero attached hydrogens (tertiary/aromatic N) is 1. The molecule has 72 valence electrons. The van der Waals surface area contributed by atoms with Gasteiger partial charge in [-0.3, -0.25) is 4.98 Å². The Balaban J connectivity index is 3.27. The Kier molecular flexibility index (Phi) is 3.39. The molecule has 0 amide bonds. The normalized spacial score (nSPS) is 10.9. The Morgan fingerprint density at radius 1 is 1.46 bits per heavy atom. The first kappa shape index (κ1) is 10.6. The zero-order valence-corrected chi connectivity index (χ0v) is 7.71. The van der Waals surface area contributed by atoms with Gasteiger partial charge in [0.1, 0.15) is 5.69 Å². The van der Waals surface area contributed by atoms with E-state index in [4.69, 9.17) is 23.2 Å². The Bertz CT molecular complexity index is 317. The fourth-order valence-corrected chi connectivity index (χ4v) is 1.32. The van der Waals surface area contributed by atoms with Gasteiger partial charge in [-0.15, -0.1) is 11.6 Å². The van der Waals surface area contributed by atoms with E-state index in [9.17, 15) is 13.2 Å². The molecule has 1 rings (SSSR count). The molecule has 0 fully saturated rings. The van der Waals surface area contributed by atoms with Gasteiger partial charge in [0.05, 0.1) is 10.9 Å². The van der Waals surface area contributed by atoms with Crippen LogP contribution in [-0.4, -0.2) is 4.98 Å². The first-order chi connectivity index (χ1) is 6.07. The molecule has 0 radical (unpaired) electrons. The summed E-state index contributed by atoms with van der Waals surface area (Å²) in [6.45, 7) is 0. The highest BCUT2D eigenvalue weighted by Gasteiger charge is 2.19. The number of hydrogen-bond acceptors (Lipinski definition) is 1. The number of pyridine rings is 1. The summed E-state index contributed by atoms with van der Waals surface area (Å²) in [5, 5.41) is -0.0445. The summed E-state index contributed by atoms with van der Waals surface area (Å²) in [6, 6.07) is 0. The van der Waals surface area contributed by atoms with Gasteiger partial charge < -0.3 is 0 Å². The van der Waals surface area contributed by atoms with Gasteiger partial charge in [-0.05, 0) is 0 Å². The minimum Gasteiger partial charge on any atom is -0.251 e. The van der Waals surface area contributed by atoms with E-state index in [0.717, 1.165) is 6.20 Å². The van der Waals surface area contributed by atoms with Crippen molar-refractivity contribution in [2.24, 2.45) is 0 Å². The van der Waals surface area contributed by atoms with Gasteiger partial charge in [0.25, 0.3) is 6.43 Å². The van der Waals surface area contributed by atoms with Crippen molar-refractivity contribution in [1.29, 1.82) is 0 Å². The van der Waals surface area contributed by atoms with Crippen LogP contribution < -0.4 is 0 Å². The third-order valence-corrected chi connectivity index (χ3v) is 2.03. The summed E-state index contributed by atoms with van der Waals surface area (Å²) >= 11 is 10.8. The molecule has 0 N–H and O–H groups in total. The zero-order valence-electron chi connectivity index (χ0n) is 6.20. The van der Waals surface area contributed by atoms with E-state index in [1.807, 2.05) is 0 Å². The SMILES string of the molecule is Fc1c(C(F)F)ncc(Cl)c1CCl. The van der Waals surface area contributed by atoms with Gasteiger partial charge in [-0.1, -0.05) is 11.6 Å². The largest absolute Gasteiger partial charge is 0.283 e. The standard InChI is InChI=1S/C7H4Cl2F3N/c8-1-3-4(9)2-13-6(5(3)10)7(11)12/h2,7H,1H2. The highest BCUT2D eigenvalue weighted by molar-refractivity contribution is 6.32. The lowest BCUT2D eigenvalue weighted by Gasteiger charge is -2.05. The van der Waals surface area contributed by atoms with Crippen molar-refractivity contribution in [3.8, 4) is 0 Å². The van der Waals surface area contributed by atoms with Crippen LogP contribution in [0.4, 0.5) is 13.2 Å². The van der Waals surface area contributed by atoms with Crippen LogP contribution in [0.3, 0.4) is 0 Å². The maximum absolute atomic E-state index is 13.1. The van der Waals surface area contributed by atoms with Gasteiger partial charge in [0.2, 0.25) is 0 Å². The average Bonchev–Trinajstić information content (AvgIpc) is 2.04. The second-order valence-electron chi connectivity index (χ2n) is 2.22. The minimum atomic E-state index is -2.96. The molecule has 0 aliphatic carbocycles. The zero-order chi connectivity index (χ0) is 10.0. The molecule has 0 aromatic carbocycles. The quantitative estimate of drug-likeness (QED) is 0.708.